The van der Waals surface area contributed by atoms with Crippen LogP contribution in [0.15, 0.2) is 0 Å². The molecule has 0 saturated carbocycles. The zero-order valence-corrected chi connectivity index (χ0v) is 14.2. The van der Waals surface area contributed by atoms with Crippen LogP contribution < -0.4 is 10.6 Å². The summed E-state index contributed by atoms with van der Waals surface area (Å²) in [4.78, 5) is 23.8. The van der Waals surface area contributed by atoms with Crippen molar-refractivity contribution < 1.29 is 14.3 Å². The lowest BCUT2D eigenvalue weighted by Gasteiger charge is -2.19. The van der Waals surface area contributed by atoms with Crippen molar-refractivity contribution in [2.75, 3.05) is 6.54 Å². The quantitative estimate of drug-likeness (QED) is 0.640. The Morgan fingerprint density at radius 1 is 1.27 bits per heavy atom. The van der Waals surface area contributed by atoms with Crippen molar-refractivity contribution in [3.05, 3.63) is 0 Å². The Morgan fingerprint density at radius 3 is 2.77 bits per heavy atom. The number of carbonyl (C=O) groups is 2. The van der Waals surface area contributed by atoms with Crippen LogP contribution in [0.2, 0.25) is 0 Å². The number of hydrogen-bond donors (Lipinski definition) is 2. The van der Waals surface area contributed by atoms with Gasteiger partial charge in [-0.2, -0.15) is 0 Å². The maximum absolute atomic E-state index is 12.0. The van der Waals surface area contributed by atoms with Gasteiger partial charge in [-0.1, -0.05) is 39.5 Å². The molecule has 5 heteroatoms. The van der Waals surface area contributed by atoms with Gasteiger partial charge in [0, 0.05) is 6.54 Å². The van der Waals surface area contributed by atoms with Gasteiger partial charge in [-0.25, -0.2) is 4.79 Å². The first kappa shape index (κ1) is 18.8. The van der Waals surface area contributed by atoms with Crippen LogP contribution in [0, 0.1) is 0 Å². The Hall–Kier alpha value is -1.26. The summed E-state index contributed by atoms with van der Waals surface area (Å²) in [6, 6.07) is -0.447. The predicted octanol–water partition coefficient (Wildman–Crippen LogP) is 3.52. The molecule has 22 heavy (non-hydrogen) atoms. The van der Waals surface area contributed by atoms with Crippen molar-refractivity contribution in [2.45, 2.75) is 90.2 Å². The van der Waals surface area contributed by atoms with Gasteiger partial charge in [0.05, 0.1) is 0 Å². The molecule has 5 nitrogen and oxygen atoms in total. The Kier molecular flexibility index (Phi) is 9.67. The highest BCUT2D eigenvalue weighted by atomic mass is 16.6. The third-order valence-corrected chi connectivity index (χ3v) is 4.19. The molecule has 128 valence electrons. The summed E-state index contributed by atoms with van der Waals surface area (Å²) < 4.78 is 5.47. The zero-order chi connectivity index (χ0) is 16.2. The van der Waals surface area contributed by atoms with Crippen LogP contribution >= 0.6 is 0 Å². The number of carbonyl (C=O) groups excluding carboxylic acids is 2. The fourth-order valence-electron chi connectivity index (χ4n) is 2.73. The van der Waals surface area contributed by atoms with Crippen molar-refractivity contribution in [1.29, 1.82) is 0 Å². The molecule has 1 rings (SSSR count). The van der Waals surface area contributed by atoms with Crippen molar-refractivity contribution in [3.8, 4) is 0 Å². The van der Waals surface area contributed by atoms with Crippen LogP contribution in [-0.4, -0.2) is 30.7 Å². The second kappa shape index (κ2) is 11.3. The normalized spacial score (nSPS) is 19.9. The number of ether oxygens (including phenoxy) is 1. The van der Waals surface area contributed by atoms with E-state index in [0.717, 1.165) is 32.1 Å². The van der Waals surface area contributed by atoms with Crippen molar-refractivity contribution in [2.24, 2.45) is 0 Å². The molecule has 2 amide bonds. The van der Waals surface area contributed by atoms with Gasteiger partial charge in [0.2, 0.25) is 5.91 Å². The molecule has 1 fully saturated rings. The largest absolute Gasteiger partial charge is 0.446 e. The lowest BCUT2D eigenvalue weighted by molar-refractivity contribution is -0.122. The van der Waals surface area contributed by atoms with E-state index in [1.807, 2.05) is 6.92 Å². The van der Waals surface area contributed by atoms with Gasteiger partial charge in [0.15, 0.2) is 0 Å². The van der Waals surface area contributed by atoms with Gasteiger partial charge < -0.3 is 15.4 Å². The molecule has 1 heterocycles. The van der Waals surface area contributed by atoms with E-state index in [1.165, 1.54) is 25.7 Å². The highest BCUT2D eigenvalue weighted by molar-refractivity contribution is 5.85. The molecule has 1 saturated heterocycles. The van der Waals surface area contributed by atoms with Crippen LogP contribution in [0.3, 0.4) is 0 Å². The summed E-state index contributed by atoms with van der Waals surface area (Å²) >= 11 is 0. The summed E-state index contributed by atoms with van der Waals surface area (Å²) in [7, 11) is 0. The fourth-order valence-corrected chi connectivity index (χ4v) is 2.73. The molecule has 0 bridgehead atoms. The number of unbranched alkanes of at least 4 members (excludes halogenated alkanes) is 4. The molecule has 2 N–H and O–H groups in total. The number of hydrogen-bond acceptors (Lipinski definition) is 3. The van der Waals surface area contributed by atoms with Gasteiger partial charge in [-0.05, 0) is 38.5 Å². The molecule has 0 aliphatic carbocycles. The molecule has 0 spiro atoms. The summed E-state index contributed by atoms with van der Waals surface area (Å²) in [6.45, 7) is 4.93. The summed E-state index contributed by atoms with van der Waals surface area (Å²) in [6.07, 6.45) is 9.87. The van der Waals surface area contributed by atoms with Crippen molar-refractivity contribution in [3.63, 3.8) is 0 Å². The van der Waals surface area contributed by atoms with E-state index >= 15 is 0 Å². The minimum Gasteiger partial charge on any atom is -0.446 e. The van der Waals surface area contributed by atoms with Crippen LogP contribution in [0.1, 0.15) is 78.1 Å². The van der Waals surface area contributed by atoms with Crippen molar-refractivity contribution in [1.82, 2.24) is 10.6 Å². The van der Waals surface area contributed by atoms with Gasteiger partial charge >= 0.3 is 6.09 Å². The van der Waals surface area contributed by atoms with Gasteiger partial charge in [0.25, 0.3) is 0 Å². The SMILES string of the molecule is CCCCCCCC(CC)OC(=O)N[C@H]1CCCCNC1=O. The number of nitrogens with one attached hydrogen (secondary N) is 2. The average Bonchev–Trinajstić information content (AvgIpc) is 2.71. The topological polar surface area (TPSA) is 67.4 Å². The molecule has 0 aromatic heterocycles. The Balaban J connectivity index is 2.26. The minimum atomic E-state index is -0.456. The van der Waals surface area contributed by atoms with Crippen LogP contribution in [0.4, 0.5) is 4.79 Å². The number of alkyl carbamates (subject to hydrolysis) is 1. The van der Waals surface area contributed by atoms with Gasteiger partial charge in [-0.3, -0.25) is 4.79 Å². The molecule has 0 aromatic rings. The van der Waals surface area contributed by atoms with Crippen molar-refractivity contribution >= 4 is 12.0 Å². The van der Waals surface area contributed by atoms with Gasteiger partial charge in [-0.15, -0.1) is 0 Å². The number of rotatable bonds is 9. The lowest BCUT2D eigenvalue weighted by atomic mass is 10.1. The summed E-state index contributed by atoms with van der Waals surface area (Å²) in [5, 5.41) is 5.52. The standard InChI is InChI=1S/C17H32N2O3/c1-3-5-6-7-8-11-14(4-2)22-17(21)19-15-12-9-10-13-18-16(15)20/h14-15H,3-13H2,1-2H3,(H,18,20)(H,19,21)/t14?,15-/m0/s1. The van der Waals surface area contributed by atoms with E-state index in [9.17, 15) is 9.59 Å². The van der Waals surface area contributed by atoms with Crippen LogP contribution in [0.5, 0.6) is 0 Å². The first-order valence-electron chi connectivity index (χ1n) is 8.92. The molecule has 0 aromatic carbocycles. The van der Waals surface area contributed by atoms with Crippen LogP contribution in [0.25, 0.3) is 0 Å². The molecular formula is C17H32N2O3. The first-order valence-corrected chi connectivity index (χ1v) is 8.92. The Bertz CT molecular complexity index is 334. The van der Waals surface area contributed by atoms with Crippen LogP contribution in [-0.2, 0) is 9.53 Å². The molecular weight excluding hydrogens is 280 g/mol. The van der Waals surface area contributed by atoms with E-state index < -0.39 is 12.1 Å². The Labute approximate surface area is 134 Å². The maximum Gasteiger partial charge on any atom is 0.408 e. The minimum absolute atomic E-state index is 0.0459. The average molecular weight is 312 g/mol. The molecule has 1 aliphatic rings. The van der Waals surface area contributed by atoms with E-state index in [-0.39, 0.29) is 12.0 Å². The third-order valence-electron chi connectivity index (χ3n) is 4.19. The zero-order valence-electron chi connectivity index (χ0n) is 14.2. The third kappa shape index (κ3) is 7.66. The molecule has 1 unspecified atom stereocenters. The fraction of sp³-hybridized carbons (Fsp3) is 0.882. The molecule has 2 atom stereocenters. The van der Waals surface area contributed by atoms with E-state index in [4.69, 9.17) is 4.74 Å². The second-order valence-electron chi connectivity index (χ2n) is 6.12. The highest BCUT2D eigenvalue weighted by Crippen LogP contribution is 2.13. The maximum atomic E-state index is 12.0. The van der Waals surface area contributed by atoms with E-state index in [2.05, 4.69) is 17.6 Å². The Morgan fingerprint density at radius 2 is 2.05 bits per heavy atom. The second-order valence-corrected chi connectivity index (χ2v) is 6.12. The summed E-state index contributed by atoms with van der Waals surface area (Å²) in [5.74, 6) is -0.0953. The summed E-state index contributed by atoms with van der Waals surface area (Å²) in [5.41, 5.74) is 0. The van der Waals surface area contributed by atoms with E-state index in [1.54, 1.807) is 0 Å². The predicted molar refractivity (Wildman–Crippen MR) is 87.7 cm³/mol. The molecule has 1 aliphatic heterocycles. The first-order chi connectivity index (χ1) is 10.7. The highest BCUT2D eigenvalue weighted by Gasteiger charge is 2.24. The number of amides is 2. The molecule has 0 radical (unpaired) electrons. The monoisotopic (exact) mass is 312 g/mol. The smallest absolute Gasteiger partial charge is 0.408 e. The van der Waals surface area contributed by atoms with E-state index in [0.29, 0.717) is 13.0 Å². The van der Waals surface area contributed by atoms with Gasteiger partial charge in [0.1, 0.15) is 12.1 Å². The lowest BCUT2D eigenvalue weighted by Crippen LogP contribution is -2.46.